The molecular weight excluding hydrogens is 188 g/mol. The molecule has 0 aliphatic rings. The number of aromatic nitrogens is 1. The summed E-state index contributed by atoms with van der Waals surface area (Å²) in [6.45, 7) is 1.28. The van der Waals surface area contributed by atoms with Crippen LogP contribution in [0.2, 0.25) is 0 Å². The molecule has 0 radical (unpaired) electrons. The molecule has 0 fully saturated rings. The van der Waals surface area contributed by atoms with Gasteiger partial charge in [-0.1, -0.05) is 6.07 Å². The molecule has 4 nitrogen and oxygen atoms in total. The zero-order chi connectivity index (χ0) is 10.9. The third kappa shape index (κ3) is 4.21. The molecule has 0 amide bonds. The largest absolute Gasteiger partial charge is 0.277 e. The average molecular weight is 200 g/mol. The number of nitrogens with zero attached hydrogens (tertiary/aromatic N) is 4. The van der Waals surface area contributed by atoms with Crippen molar-refractivity contribution < 1.29 is 0 Å². The van der Waals surface area contributed by atoms with Crippen LogP contribution in [0.3, 0.4) is 0 Å². The summed E-state index contributed by atoms with van der Waals surface area (Å²) in [6, 6.07) is 9.83. The van der Waals surface area contributed by atoms with Gasteiger partial charge in [-0.15, -0.1) is 0 Å². The predicted octanol–water partition coefficient (Wildman–Crippen LogP) is 0.973. The zero-order valence-corrected chi connectivity index (χ0v) is 8.43. The van der Waals surface area contributed by atoms with Crippen LogP contribution in [0.15, 0.2) is 24.4 Å². The van der Waals surface area contributed by atoms with Gasteiger partial charge in [-0.05, 0) is 12.1 Å². The lowest BCUT2D eigenvalue weighted by atomic mass is 10.2. The number of pyridine rings is 1. The highest BCUT2D eigenvalue weighted by molar-refractivity contribution is 5.04. The Bertz CT molecular complexity index is 344. The first-order valence-corrected chi connectivity index (χ1v) is 4.73. The molecule has 76 valence electrons. The van der Waals surface area contributed by atoms with E-state index < -0.39 is 0 Å². The summed E-state index contributed by atoms with van der Waals surface area (Å²) in [6.07, 6.45) is 2.51. The summed E-state index contributed by atoms with van der Waals surface area (Å²) >= 11 is 0. The zero-order valence-electron chi connectivity index (χ0n) is 8.43. The maximum absolute atomic E-state index is 8.54. The van der Waals surface area contributed by atoms with Crippen LogP contribution in [-0.4, -0.2) is 29.5 Å². The summed E-state index contributed by atoms with van der Waals surface area (Å²) in [7, 11) is 0. The molecule has 0 spiro atoms. The second-order valence-corrected chi connectivity index (χ2v) is 3.10. The molecule has 1 aromatic rings. The standard InChI is InChI=1S/C11H12N4/c12-5-9-15(10-6-13)8-4-11-3-1-2-7-14-11/h1-3,7H,4,8-10H2. The fraction of sp³-hybridized carbons (Fsp3) is 0.364. The van der Waals surface area contributed by atoms with Gasteiger partial charge in [-0.25, -0.2) is 0 Å². The van der Waals surface area contributed by atoms with Crippen LogP contribution in [0.4, 0.5) is 0 Å². The van der Waals surface area contributed by atoms with E-state index in [1.165, 1.54) is 0 Å². The van der Waals surface area contributed by atoms with E-state index in [9.17, 15) is 0 Å². The van der Waals surface area contributed by atoms with E-state index in [1.54, 1.807) is 11.1 Å². The highest BCUT2D eigenvalue weighted by atomic mass is 15.1. The molecular formula is C11H12N4. The molecule has 0 N–H and O–H groups in total. The van der Waals surface area contributed by atoms with E-state index in [2.05, 4.69) is 4.98 Å². The molecule has 1 heterocycles. The SMILES string of the molecule is N#CCN(CC#N)CCc1ccccn1. The minimum absolute atomic E-state index is 0.292. The molecule has 0 atom stereocenters. The third-order valence-corrected chi connectivity index (χ3v) is 2.00. The average Bonchev–Trinajstić information content (AvgIpc) is 2.28. The summed E-state index contributed by atoms with van der Waals surface area (Å²) in [5.74, 6) is 0. The predicted molar refractivity (Wildman–Crippen MR) is 55.6 cm³/mol. The van der Waals surface area contributed by atoms with E-state index >= 15 is 0 Å². The van der Waals surface area contributed by atoms with Gasteiger partial charge in [0.05, 0.1) is 25.2 Å². The minimum Gasteiger partial charge on any atom is -0.277 e. The Kier molecular flexibility index (Phi) is 4.86. The minimum atomic E-state index is 0.292. The highest BCUT2D eigenvalue weighted by Crippen LogP contribution is 1.97. The summed E-state index contributed by atoms with van der Waals surface area (Å²) in [4.78, 5) is 5.98. The van der Waals surface area contributed by atoms with Gasteiger partial charge in [-0.3, -0.25) is 9.88 Å². The van der Waals surface area contributed by atoms with Crippen molar-refractivity contribution in [2.24, 2.45) is 0 Å². The van der Waals surface area contributed by atoms with Gasteiger partial charge in [0.2, 0.25) is 0 Å². The Morgan fingerprint density at radius 1 is 1.20 bits per heavy atom. The maximum Gasteiger partial charge on any atom is 0.0874 e. The summed E-state index contributed by atoms with van der Waals surface area (Å²) < 4.78 is 0. The van der Waals surface area contributed by atoms with Gasteiger partial charge in [-0.2, -0.15) is 10.5 Å². The van der Waals surface area contributed by atoms with Crippen molar-refractivity contribution in [2.75, 3.05) is 19.6 Å². The fourth-order valence-corrected chi connectivity index (χ4v) is 1.23. The smallest absolute Gasteiger partial charge is 0.0874 e. The van der Waals surface area contributed by atoms with E-state index in [-0.39, 0.29) is 0 Å². The maximum atomic E-state index is 8.54. The van der Waals surface area contributed by atoms with Crippen molar-refractivity contribution in [2.45, 2.75) is 6.42 Å². The molecule has 0 unspecified atom stereocenters. The Hall–Kier alpha value is -1.91. The van der Waals surface area contributed by atoms with Crippen LogP contribution >= 0.6 is 0 Å². The molecule has 0 aromatic carbocycles. The van der Waals surface area contributed by atoms with Crippen molar-refractivity contribution in [3.63, 3.8) is 0 Å². The second kappa shape index (κ2) is 6.53. The third-order valence-electron chi connectivity index (χ3n) is 2.00. The number of hydrogen-bond donors (Lipinski definition) is 0. The first-order chi connectivity index (χ1) is 7.36. The molecule has 0 aliphatic carbocycles. The van der Waals surface area contributed by atoms with Gasteiger partial charge >= 0.3 is 0 Å². The number of nitriles is 2. The topological polar surface area (TPSA) is 63.7 Å². The van der Waals surface area contributed by atoms with Crippen molar-refractivity contribution in [1.29, 1.82) is 10.5 Å². The second-order valence-electron chi connectivity index (χ2n) is 3.10. The van der Waals surface area contributed by atoms with E-state index in [1.807, 2.05) is 30.3 Å². The molecule has 15 heavy (non-hydrogen) atoms. The lowest BCUT2D eigenvalue weighted by Gasteiger charge is -2.14. The van der Waals surface area contributed by atoms with Gasteiger partial charge in [0.1, 0.15) is 0 Å². The monoisotopic (exact) mass is 200 g/mol. The van der Waals surface area contributed by atoms with E-state index in [0.717, 1.165) is 12.1 Å². The Balaban J connectivity index is 2.41. The first kappa shape index (κ1) is 11.2. The summed E-state index contributed by atoms with van der Waals surface area (Å²) in [5, 5.41) is 17.1. The van der Waals surface area contributed by atoms with Crippen molar-refractivity contribution in [3.05, 3.63) is 30.1 Å². The molecule has 4 heteroatoms. The molecule has 0 aliphatic heterocycles. The van der Waals surface area contributed by atoms with Gasteiger partial charge in [0.25, 0.3) is 0 Å². The van der Waals surface area contributed by atoms with Crippen LogP contribution in [0, 0.1) is 22.7 Å². The first-order valence-electron chi connectivity index (χ1n) is 4.73. The van der Waals surface area contributed by atoms with Gasteiger partial charge in [0, 0.05) is 24.9 Å². The Morgan fingerprint density at radius 2 is 1.93 bits per heavy atom. The van der Waals surface area contributed by atoms with Crippen LogP contribution < -0.4 is 0 Å². The van der Waals surface area contributed by atoms with Crippen LogP contribution in [0.1, 0.15) is 5.69 Å². The quantitative estimate of drug-likeness (QED) is 0.664. The Morgan fingerprint density at radius 3 is 2.47 bits per heavy atom. The molecule has 0 saturated carbocycles. The fourth-order valence-electron chi connectivity index (χ4n) is 1.23. The number of hydrogen-bond acceptors (Lipinski definition) is 4. The van der Waals surface area contributed by atoms with Crippen molar-refractivity contribution >= 4 is 0 Å². The molecule has 0 saturated heterocycles. The van der Waals surface area contributed by atoms with Gasteiger partial charge < -0.3 is 0 Å². The molecule has 1 aromatic heterocycles. The molecule has 0 bridgehead atoms. The van der Waals surface area contributed by atoms with Crippen molar-refractivity contribution in [1.82, 2.24) is 9.88 Å². The van der Waals surface area contributed by atoms with E-state index in [4.69, 9.17) is 10.5 Å². The van der Waals surface area contributed by atoms with Crippen LogP contribution in [0.5, 0.6) is 0 Å². The molecule has 1 rings (SSSR count). The van der Waals surface area contributed by atoms with E-state index in [0.29, 0.717) is 19.6 Å². The number of rotatable bonds is 5. The van der Waals surface area contributed by atoms with Crippen LogP contribution in [0.25, 0.3) is 0 Å². The lowest BCUT2D eigenvalue weighted by Crippen LogP contribution is -2.27. The van der Waals surface area contributed by atoms with Crippen LogP contribution in [-0.2, 0) is 6.42 Å². The highest BCUT2D eigenvalue weighted by Gasteiger charge is 2.03. The normalized spacial score (nSPS) is 9.53. The Labute approximate surface area is 89.4 Å². The van der Waals surface area contributed by atoms with Gasteiger partial charge in [0.15, 0.2) is 0 Å². The lowest BCUT2D eigenvalue weighted by molar-refractivity contribution is 0.345. The van der Waals surface area contributed by atoms with Crippen molar-refractivity contribution in [3.8, 4) is 12.1 Å². The summed E-state index contributed by atoms with van der Waals surface area (Å²) in [5.41, 5.74) is 0.985.